The van der Waals surface area contributed by atoms with E-state index in [0.29, 0.717) is 10.7 Å². The van der Waals surface area contributed by atoms with Crippen molar-refractivity contribution in [1.29, 1.82) is 0 Å². The molecule has 1 aromatic carbocycles. The van der Waals surface area contributed by atoms with Gasteiger partial charge in [0, 0.05) is 35.9 Å². The fourth-order valence-electron chi connectivity index (χ4n) is 3.44. The van der Waals surface area contributed by atoms with E-state index < -0.39 is 11.9 Å². The summed E-state index contributed by atoms with van der Waals surface area (Å²) in [6.07, 6.45) is 6.32. The highest BCUT2D eigenvalue weighted by Gasteiger charge is 2.27. The number of carbonyl (C=O) groups is 2. The Labute approximate surface area is 169 Å². The van der Waals surface area contributed by atoms with Crippen LogP contribution in [0, 0.1) is 0 Å². The number of esters is 2. The van der Waals surface area contributed by atoms with E-state index in [1.54, 1.807) is 0 Å². The van der Waals surface area contributed by atoms with Crippen LogP contribution in [0.1, 0.15) is 25.0 Å². The number of benzene rings is 1. The zero-order valence-corrected chi connectivity index (χ0v) is 16.7. The molecular weight excluding hydrogens is 380 g/mol. The highest BCUT2D eigenvalue weighted by Crippen LogP contribution is 2.39. The zero-order chi connectivity index (χ0) is 20.1. The van der Waals surface area contributed by atoms with Crippen LogP contribution < -0.4 is 4.90 Å². The molecule has 6 nitrogen and oxygen atoms in total. The predicted molar refractivity (Wildman–Crippen MR) is 109 cm³/mol. The van der Waals surface area contributed by atoms with Gasteiger partial charge in [0.15, 0.2) is 0 Å². The highest BCUT2D eigenvalue weighted by molar-refractivity contribution is 6.30. The summed E-state index contributed by atoms with van der Waals surface area (Å²) in [6, 6.07) is 7.53. The summed E-state index contributed by atoms with van der Waals surface area (Å²) in [5, 5.41) is 0.653. The van der Waals surface area contributed by atoms with E-state index in [1.165, 1.54) is 20.6 Å². The van der Waals surface area contributed by atoms with Crippen LogP contribution in [0.5, 0.6) is 0 Å². The molecule has 0 amide bonds. The van der Waals surface area contributed by atoms with E-state index in [0.717, 1.165) is 48.8 Å². The van der Waals surface area contributed by atoms with Crippen LogP contribution in [0.3, 0.4) is 0 Å². The summed E-state index contributed by atoms with van der Waals surface area (Å²) >= 11 is 6.04. The number of nitrogens with zero attached hydrogens (tertiary/aromatic N) is 1. The summed E-state index contributed by atoms with van der Waals surface area (Å²) in [6.45, 7) is 1.75. The molecule has 7 heteroatoms. The van der Waals surface area contributed by atoms with Crippen LogP contribution in [0.2, 0.25) is 5.02 Å². The summed E-state index contributed by atoms with van der Waals surface area (Å²) in [5.41, 5.74) is 3.46. The number of hydrogen-bond acceptors (Lipinski definition) is 5. The van der Waals surface area contributed by atoms with Crippen LogP contribution in [-0.4, -0.2) is 44.2 Å². The van der Waals surface area contributed by atoms with Crippen molar-refractivity contribution in [2.45, 2.75) is 19.3 Å². The first-order valence-electron chi connectivity index (χ1n) is 9.15. The van der Waals surface area contributed by atoms with Crippen LogP contribution in [0.25, 0.3) is 16.7 Å². The number of carbonyl (C=O) groups excluding carboxylic acids is 2. The van der Waals surface area contributed by atoms with Gasteiger partial charge in [-0.25, -0.2) is 9.59 Å². The minimum atomic E-state index is -0.618. The zero-order valence-electron chi connectivity index (χ0n) is 16.0. The molecule has 1 fully saturated rings. The molecule has 1 aliphatic heterocycles. The Morgan fingerprint density at radius 2 is 1.75 bits per heavy atom. The Hall–Kier alpha value is -2.73. The topological polar surface area (TPSA) is 71.6 Å². The number of aromatic nitrogens is 1. The van der Waals surface area contributed by atoms with E-state index in [1.807, 2.05) is 30.5 Å². The second-order valence-electron chi connectivity index (χ2n) is 6.55. The van der Waals surface area contributed by atoms with Crippen molar-refractivity contribution in [3.8, 4) is 11.1 Å². The predicted octanol–water partition coefficient (Wildman–Crippen LogP) is 4.05. The van der Waals surface area contributed by atoms with Crippen molar-refractivity contribution in [3.63, 3.8) is 0 Å². The Morgan fingerprint density at radius 3 is 2.36 bits per heavy atom. The molecule has 2 aromatic rings. The number of H-pyrrole nitrogens is 1. The lowest BCUT2D eigenvalue weighted by Crippen LogP contribution is -2.30. The number of piperidine rings is 1. The fraction of sp³-hybridized carbons (Fsp3) is 0.333. The van der Waals surface area contributed by atoms with Gasteiger partial charge in [-0.1, -0.05) is 23.7 Å². The molecule has 0 bridgehead atoms. The quantitative estimate of drug-likeness (QED) is 0.603. The van der Waals surface area contributed by atoms with E-state index in [-0.39, 0.29) is 5.57 Å². The molecule has 1 aliphatic rings. The third-order valence-corrected chi connectivity index (χ3v) is 5.07. The van der Waals surface area contributed by atoms with Gasteiger partial charge < -0.3 is 19.4 Å². The number of methoxy groups -OCH3 is 2. The van der Waals surface area contributed by atoms with Crippen molar-refractivity contribution in [2.24, 2.45) is 0 Å². The molecule has 1 N–H and O–H groups in total. The van der Waals surface area contributed by atoms with Gasteiger partial charge in [0.25, 0.3) is 0 Å². The number of nitrogens with one attached hydrogen (secondary N) is 1. The maximum atomic E-state index is 12.4. The second-order valence-corrected chi connectivity index (χ2v) is 6.99. The molecular formula is C21H23ClN2O4. The Kier molecular flexibility index (Phi) is 6.41. The van der Waals surface area contributed by atoms with Gasteiger partial charge in [0.1, 0.15) is 0 Å². The summed E-state index contributed by atoms with van der Waals surface area (Å²) < 4.78 is 9.64. The van der Waals surface area contributed by atoms with Crippen molar-refractivity contribution < 1.29 is 19.1 Å². The lowest BCUT2D eigenvalue weighted by molar-refractivity contribution is -0.136. The molecule has 0 spiro atoms. The van der Waals surface area contributed by atoms with Gasteiger partial charge in [-0.2, -0.15) is 0 Å². The average Bonchev–Trinajstić information content (AvgIpc) is 3.17. The summed E-state index contributed by atoms with van der Waals surface area (Å²) in [4.78, 5) is 29.7. The molecule has 148 valence electrons. The summed E-state index contributed by atoms with van der Waals surface area (Å²) in [5.74, 6) is -1.22. The molecule has 0 aliphatic carbocycles. The van der Waals surface area contributed by atoms with Crippen LogP contribution in [0.4, 0.5) is 5.69 Å². The van der Waals surface area contributed by atoms with E-state index in [4.69, 9.17) is 21.1 Å². The van der Waals surface area contributed by atoms with E-state index in [9.17, 15) is 9.59 Å². The van der Waals surface area contributed by atoms with E-state index in [2.05, 4.69) is 9.88 Å². The van der Waals surface area contributed by atoms with Crippen molar-refractivity contribution in [1.82, 2.24) is 4.98 Å². The minimum Gasteiger partial charge on any atom is -0.466 e. The first-order chi connectivity index (χ1) is 13.5. The number of anilines is 1. The first-order valence-corrected chi connectivity index (χ1v) is 9.53. The standard InChI is InChI=1S/C21H23ClN2O4/c1-27-18(25)12-16(21(26)28-2)19-20(24-10-4-3-5-11-24)17(13-23-19)14-6-8-15(22)9-7-14/h6-9,12-13,23H,3-5,10-11H2,1-2H3. The number of rotatable bonds is 5. The first kappa shape index (κ1) is 20.0. The molecule has 3 rings (SSSR count). The van der Waals surface area contributed by atoms with Gasteiger partial charge in [-0.3, -0.25) is 0 Å². The monoisotopic (exact) mass is 402 g/mol. The fourth-order valence-corrected chi connectivity index (χ4v) is 3.56. The van der Waals surface area contributed by atoms with Gasteiger partial charge in [-0.05, 0) is 37.0 Å². The SMILES string of the molecule is COC(=O)C=C(C(=O)OC)c1[nH]cc(-c2ccc(Cl)cc2)c1N1CCCCC1. The molecule has 1 saturated heterocycles. The van der Waals surface area contributed by atoms with Gasteiger partial charge in [0.2, 0.25) is 0 Å². The maximum Gasteiger partial charge on any atom is 0.340 e. The van der Waals surface area contributed by atoms with Crippen LogP contribution in [-0.2, 0) is 19.1 Å². The minimum absolute atomic E-state index is 0.134. The summed E-state index contributed by atoms with van der Waals surface area (Å²) in [7, 11) is 2.56. The highest BCUT2D eigenvalue weighted by atomic mass is 35.5. The van der Waals surface area contributed by atoms with Gasteiger partial charge in [-0.15, -0.1) is 0 Å². The van der Waals surface area contributed by atoms with Gasteiger partial charge >= 0.3 is 11.9 Å². The Morgan fingerprint density at radius 1 is 1.07 bits per heavy atom. The molecule has 0 saturated carbocycles. The molecule has 28 heavy (non-hydrogen) atoms. The number of halogens is 1. The maximum absolute atomic E-state index is 12.4. The van der Waals surface area contributed by atoms with Gasteiger partial charge in [0.05, 0.1) is 31.2 Å². The van der Waals surface area contributed by atoms with E-state index >= 15 is 0 Å². The Bertz CT molecular complexity index is 880. The second kappa shape index (κ2) is 8.97. The number of ether oxygens (including phenoxy) is 2. The van der Waals surface area contributed by atoms with Crippen LogP contribution >= 0.6 is 11.6 Å². The average molecular weight is 403 g/mol. The number of aromatic amines is 1. The largest absolute Gasteiger partial charge is 0.466 e. The third kappa shape index (κ3) is 4.22. The number of hydrogen-bond donors (Lipinski definition) is 1. The lowest BCUT2D eigenvalue weighted by atomic mass is 10.0. The third-order valence-electron chi connectivity index (χ3n) is 4.82. The molecule has 0 radical (unpaired) electrons. The smallest absolute Gasteiger partial charge is 0.340 e. The van der Waals surface area contributed by atoms with Crippen molar-refractivity contribution in [3.05, 3.63) is 47.3 Å². The molecule has 0 atom stereocenters. The normalized spacial score (nSPS) is 14.7. The molecule has 1 aromatic heterocycles. The van der Waals surface area contributed by atoms with Crippen LogP contribution in [0.15, 0.2) is 36.5 Å². The molecule has 2 heterocycles. The molecule has 0 unspecified atom stereocenters. The van der Waals surface area contributed by atoms with Crippen molar-refractivity contribution >= 4 is 34.8 Å². The Balaban J connectivity index is 2.16. The lowest BCUT2D eigenvalue weighted by Gasteiger charge is -2.30. The van der Waals surface area contributed by atoms with Crippen molar-refractivity contribution in [2.75, 3.05) is 32.2 Å².